The van der Waals surface area contributed by atoms with Crippen LogP contribution in [0.5, 0.6) is 0 Å². The van der Waals surface area contributed by atoms with E-state index >= 15 is 0 Å². The van der Waals surface area contributed by atoms with E-state index in [1.807, 2.05) is 29.7 Å². The molecule has 0 aliphatic carbocycles. The summed E-state index contributed by atoms with van der Waals surface area (Å²) in [5.41, 5.74) is 10.00. The van der Waals surface area contributed by atoms with Gasteiger partial charge >= 0.3 is 0 Å². The second-order valence-electron chi connectivity index (χ2n) is 3.48. The van der Waals surface area contributed by atoms with Crippen LogP contribution in [-0.4, -0.2) is 19.6 Å². The molecule has 0 aromatic carbocycles. The third-order valence-corrected chi connectivity index (χ3v) is 3.30. The largest absolute Gasteiger partial charge is 0.398 e. The normalized spacial score (nSPS) is 11.1. The van der Waals surface area contributed by atoms with Gasteiger partial charge < -0.3 is 5.73 Å². The molecule has 0 radical (unpaired) electrons. The highest BCUT2D eigenvalue weighted by molar-refractivity contribution is 7.13. The molecule has 0 unspecified atom stereocenters. The maximum absolute atomic E-state index is 5.75. The van der Waals surface area contributed by atoms with Crippen molar-refractivity contribution in [2.24, 2.45) is 0 Å². The van der Waals surface area contributed by atoms with Gasteiger partial charge in [-0.2, -0.15) is 0 Å². The van der Waals surface area contributed by atoms with Crippen LogP contribution in [0.2, 0.25) is 0 Å². The molecule has 3 aromatic rings. The van der Waals surface area contributed by atoms with Gasteiger partial charge in [-0.1, -0.05) is 0 Å². The molecule has 3 rings (SSSR count). The lowest BCUT2D eigenvalue weighted by atomic mass is 10.3. The number of nitrogens with two attached hydrogens (primary N) is 1. The SMILES string of the molecule is Cc1ncsc1-c1nnc2ccc(N)cn12. The first-order valence-electron chi connectivity index (χ1n) is 4.76. The molecule has 0 saturated carbocycles. The van der Waals surface area contributed by atoms with Crippen molar-refractivity contribution in [1.29, 1.82) is 0 Å². The number of fused-ring (bicyclic) bond motifs is 1. The third kappa shape index (κ3) is 1.27. The molecule has 3 aromatic heterocycles. The molecule has 0 amide bonds. The van der Waals surface area contributed by atoms with Gasteiger partial charge in [-0.25, -0.2) is 4.98 Å². The van der Waals surface area contributed by atoms with E-state index in [-0.39, 0.29) is 0 Å². The fourth-order valence-corrected chi connectivity index (χ4v) is 2.36. The van der Waals surface area contributed by atoms with Gasteiger partial charge in [0, 0.05) is 11.9 Å². The highest BCUT2D eigenvalue weighted by atomic mass is 32.1. The number of aromatic nitrogens is 4. The topological polar surface area (TPSA) is 69.1 Å². The van der Waals surface area contributed by atoms with E-state index in [0.717, 1.165) is 22.0 Å². The zero-order valence-corrected chi connectivity index (χ0v) is 9.40. The molecule has 5 nitrogen and oxygen atoms in total. The zero-order valence-electron chi connectivity index (χ0n) is 8.58. The van der Waals surface area contributed by atoms with Crippen molar-refractivity contribution >= 4 is 22.7 Å². The highest BCUT2D eigenvalue weighted by Crippen LogP contribution is 2.26. The van der Waals surface area contributed by atoms with Gasteiger partial charge in [0.1, 0.15) is 0 Å². The Balaban J connectivity index is 2.32. The molecule has 0 aliphatic rings. The quantitative estimate of drug-likeness (QED) is 0.692. The van der Waals surface area contributed by atoms with Crippen LogP contribution in [0.1, 0.15) is 5.69 Å². The van der Waals surface area contributed by atoms with Gasteiger partial charge in [-0.15, -0.1) is 21.5 Å². The number of thiazole rings is 1. The number of pyridine rings is 1. The number of hydrogen-bond acceptors (Lipinski definition) is 5. The van der Waals surface area contributed by atoms with E-state index < -0.39 is 0 Å². The summed E-state index contributed by atoms with van der Waals surface area (Å²) in [5.74, 6) is 0.794. The summed E-state index contributed by atoms with van der Waals surface area (Å²) >= 11 is 1.55. The maximum atomic E-state index is 5.75. The van der Waals surface area contributed by atoms with Crippen LogP contribution in [0.25, 0.3) is 16.3 Å². The predicted octanol–water partition coefficient (Wildman–Crippen LogP) is 1.74. The van der Waals surface area contributed by atoms with Crippen molar-refractivity contribution < 1.29 is 0 Å². The van der Waals surface area contributed by atoms with Crippen molar-refractivity contribution in [3.63, 3.8) is 0 Å². The Morgan fingerprint density at radius 2 is 2.19 bits per heavy atom. The Labute approximate surface area is 95.6 Å². The number of hydrogen-bond donors (Lipinski definition) is 1. The van der Waals surface area contributed by atoms with E-state index in [1.165, 1.54) is 0 Å². The molecule has 80 valence electrons. The van der Waals surface area contributed by atoms with Crippen LogP contribution in [0.3, 0.4) is 0 Å². The lowest BCUT2D eigenvalue weighted by Crippen LogP contribution is -1.92. The molecule has 0 bridgehead atoms. The smallest absolute Gasteiger partial charge is 0.180 e. The minimum Gasteiger partial charge on any atom is -0.398 e. The Hall–Kier alpha value is -1.95. The van der Waals surface area contributed by atoms with Crippen LogP contribution in [0.4, 0.5) is 5.69 Å². The second kappa shape index (κ2) is 3.28. The second-order valence-corrected chi connectivity index (χ2v) is 4.34. The van der Waals surface area contributed by atoms with E-state index in [9.17, 15) is 0 Å². The number of rotatable bonds is 1. The fourth-order valence-electron chi connectivity index (χ4n) is 1.58. The molecular formula is C10H9N5S. The van der Waals surface area contributed by atoms with E-state index in [0.29, 0.717) is 5.69 Å². The number of nitrogen functional groups attached to an aromatic ring is 1. The van der Waals surface area contributed by atoms with E-state index in [4.69, 9.17) is 5.73 Å². The summed E-state index contributed by atoms with van der Waals surface area (Å²) < 4.78 is 1.88. The van der Waals surface area contributed by atoms with Crippen molar-refractivity contribution in [2.75, 3.05) is 5.73 Å². The summed E-state index contributed by atoms with van der Waals surface area (Å²) in [7, 11) is 0. The molecule has 0 aliphatic heterocycles. The van der Waals surface area contributed by atoms with Gasteiger partial charge in [0.05, 0.1) is 16.1 Å². The van der Waals surface area contributed by atoms with Gasteiger partial charge in [0.15, 0.2) is 11.5 Å². The first-order valence-corrected chi connectivity index (χ1v) is 5.64. The number of aryl methyl sites for hydroxylation is 1. The van der Waals surface area contributed by atoms with Gasteiger partial charge in [0.25, 0.3) is 0 Å². The fraction of sp³-hybridized carbons (Fsp3) is 0.100. The van der Waals surface area contributed by atoms with Crippen LogP contribution < -0.4 is 5.73 Å². The van der Waals surface area contributed by atoms with Crippen molar-refractivity contribution in [1.82, 2.24) is 19.6 Å². The summed E-state index contributed by atoms with van der Waals surface area (Å²) in [6.45, 7) is 1.96. The van der Waals surface area contributed by atoms with Crippen LogP contribution in [-0.2, 0) is 0 Å². The van der Waals surface area contributed by atoms with Gasteiger partial charge in [-0.3, -0.25) is 4.40 Å². The minimum atomic E-state index is 0.690. The molecule has 3 heterocycles. The lowest BCUT2D eigenvalue weighted by molar-refractivity contribution is 1.11. The molecule has 0 atom stereocenters. The molecular weight excluding hydrogens is 222 g/mol. The molecule has 0 saturated heterocycles. The summed E-state index contributed by atoms with van der Waals surface area (Å²) in [5, 5.41) is 8.26. The number of nitrogens with zero attached hydrogens (tertiary/aromatic N) is 4. The van der Waals surface area contributed by atoms with Crippen molar-refractivity contribution in [3.05, 3.63) is 29.5 Å². The van der Waals surface area contributed by atoms with Crippen LogP contribution in [0, 0.1) is 6.92 Å². The van der Waals surface area contributed by atoms with Crippen molar-refractivity contribution in [3.8, 4) is 10.7 Å². The standard InChI is InChI=1S/C10H9N5S/c1-6-9(16-5-12-6)10-14-13-8-3-2-7(11)4-15(8)10/h2-5H,11H2,1H3. The van der Waals surface area contributed by atoms with Gasteiger partial charge in [-0.05, 0) is 19.1 Å². The lowest BCUT2D eigenvalue weighted by Gasteiger charge is -1.98. The average Bonchev–Trinajstić information content (AvgIpc) is 2.83. The minimum absolute atomic E-state index is 0.690. The van der Waals surface area contributed by atoms with Crippen LogP contribution in [0.15, 0.2) is 23.8 Å². The van der Waals surface area contributed by atoms with E-state index in [1.54, 1.807) is 16.8 Å². The molecule has 0 spiro atoms. The van der Waals surface area contributed by atoms with Crippen LogP contribution >= 0.6 is 11.3 Å². The Bertz CT molecular complexity index is 654. The Morgan fingerprint density at radius 3 is 2.94 bits per heavy atom. The van der Waals surface area contributed by atoms with Gasteiger partial charge in [0.2, 0.25) is 0 Å². The maximum Gasteiger partial charge on any atom is 0.180 e. The molecule has 6 heteroatoms. The first kappa shape index (κ1) is 9.29. The monoisotopic (exact) mass is 231 g/mol. The number of anilines is 1. The average molecular weight is 231 g/mol. The molecule has 0 fully saturated rings. The Kier molecular flexibility index (Phi) is 1.90. The molecule has 2 N–H and O–H groups in total. The summed E-state index contributed by atoms with van der Waals surface area (Å²) in [6.07, 6.45) is 1.82. The summed E-state index contributed by atoms with van der Waals surface area (Å²) in [4.78, 5) is 5.23. The predicted molar refractivity (Wildman–Crippen MR) is 63.2 cm³/mol. The van der Waals surface area contributed by atoms with Crippen molar-refractivity contribution in [2.45, 2.75) is 6.92 Å². The van der Waals surface area contributed by atoms with E-state index in [2.05, 4.69) is 15.2 Å². The Morgan fingerprint density at radius 1 is 1.31 bits per heavy atom. The first-order chi connectivity index (χ1) is 7.75. The third-order valence-electron chi connectivity index (χ3n) is 2.37. The summed E-state index contributed by atoms with van der Waals surface area (Å²) in [6, 6.07) is 3.66. The zero-order chi connectivity index (χ0) is 11.1. The molecule has 16 heavy (non-hydrogen) atoms. The highest BCUT2D eigenvalue weighted by Gasteiger charge is 2.12.